The van der Waals surface area contributed by atoms with E-state index in [1.807, 2.05) is 60.7 Å². The highest BCUT2D eigenvalue weighted by Crippen LogP contribution is 2.26. The molecule has 0 atom stereocenters. The van der Waals surface area contributed by atoms with Crippen molar-refractivity contribution in [1.82, 2.24) is 19.8 Å². The fourth-order valence-corrected chi connectivity index (χ4v) is 6.07. The Morgan fingerprint density at radius 1 is 0.878 bits per heavy atom. The summed E-state index contributed by atoms with van der Waals surface area (Å²) >= 11 is 3.40. The quantitative estimate of drug-likeness (QED) is 0.170. The molecule has 0 aliphatic heterocycles. The van der Waals surface area contributed by atoms with Crippen molar-refractivity contribution >= 4 is 38.8 Å². The lowest BCUT2D eigenvalue weighted by Crippen LogP contribution is -2.42. The Morgan fingerprint density at radius 3 is 2.39 bits per heavy atom. The van der Waals surface area contributed by atoms with Gasteiger partial charge in [0.05, 0.1) is 11.0 Å². The van der Waals surface area contributed by atoms with Crippen LogP contribution in [0.1, 0.15) is 73.1 Å². The number of halogens is 1. The van der Waals surface area contributed by atoms with E-state index in [-0.39, 0.29) is 11.8 Å². The predicted molar refractivity (Wildman–Crippen MR) is 168 cm³/mol. The van der Waals surface area contributed by atoms with Crippen LogP contribution in [-0.2, 0) is 24.3 Å². The van der Waals surface area contributed by atoms with E-state index in [2.05, 4.69) is 48.9 Å². The van der Waals surface area contributed by atoms with Crippen LogP contribution in [0, 0.1) is 0 Å². The second-order valence-electron chi connectivity index (χ2n) is 11.0. The van der Waals surface area contributed by atoms with E-state index in [4.69, 9.17) is 4.98 Å². The largest absolute Gasteiger partial charge is 0.352 e. The number of fused-ring (bicyclic) bond motifs is 1. The topological polar surface area (TPSA) is 67.2 Å². The van der Waals surface area contributed by atoms with Crippen LogP contribution in [-0.4, -0.2) is 38.9 Å². The van der Waals surface area contributed by atoms with Crippen molar-refractivity contribution in [3.05, 3.63) is 100 Å². The molecule has 6 nitrogen and oxygen atoms in total. The van der Waals surface area contributed by atoms with Crippen molar-refractivity contribution in [2.45, 2.75) is 76.9 Å². The van der Waals surface area contributed by atoms with Crippen molar-refractivity contribution in [1.29, 1.82) is 0 Å². The Kier molecular flexibility index (Phi) is 10.2. The normalized spacial score (nSPS) is 13.8. The molecule has 0 radical (unpaired) electrons. The first-order chi connectivity index (χ1) is 20.1. The number of carbonyl (C=O) groups excluding carboxylic acids is 2. The zero-order chi connectivity index (χ0) is 28.4. The number of aryl methyl sites for hydroxylation is 1. The van der Waals surface area contributed by atoms with Crippen LogP contribution in [0.5, 0.6) is 0 Å². The molecule has 1 aliphatic rings. The number of nitrogens with one attached hydrogen (secondary N) is 1. The molecule has 1 saturated carbocycles. The van der Waals surface area contributed by atoms with Crippen LogP contribution in [0.25, 0.3) is 11.0 Å². The lowest BCUT2D eigenvalue weighted by atomic mass is 9.93. The maximum Gasteiger partial charge on any atom is 0.251 e. The molecule has 1 fully saturated rings. The Morgan fingerprint density at radius 2 is 1.61 bits per heavy atom. The van der Waals surface area contributed by atoms with Gasteiger partial charge in [-0.15, -0.1) is 0 Å². The van der Waals surface area contributed by atoms with Gasteiger partial charge in [-0.1, -0.05) is 84.1 Å². The van der Waals surface area contributed by atoms with E-state index >= 15 is 0 Å². The average Bonchev–Trinajstić information content (AvgIpc) is 3.35. The Labute approximate surface area is 251 Å². The van der Waals surface area contributed by atoms with Gasteiger partial charge in [-0.3, -0.25) is 9.59 Å². The molecular weight excluding hydrogens is 576 g/mol. The monoisotopic (exact) mass is 614 g/mol. The van der Waals surface area contributed by atoms with E-state index < -0.39 is 0 Å². The molecule has 0 spiro atoms. The van der Waals surface area contributed by atoms with Crippen molar-refractivity contribution in [2.75, 3.05) is 6.54 Å². The van der Waals surface area contributed by atoms with Gasteiger partial charge in [-0.25, -0.2) is 4.98 Å². The molecule has 1 N–H and O–H groups in total. The number of imidazole rings is 1. The summed E-state index contributed by atoms with van der Waals surface area (Å²) in [6.07, 6.45) is 9.40. The standard InChI is InChI=1S/C34H39BrN4O2/c35-28-21-19-27(20-22-28)34(41)36-23-11-3-8-18-32-37-30-16-9-10-17-31(30)39(32)25-33(40)38(29-14-6-2-7-15-29)24-26-12-4-1-5-13-26/h1,4-5,9-10,12-13,16-17,19-22,29H,2-3,6-8,11,14-15,18,23-25H2,(H,36,41). The van der Waals surface area contributed by atoms with E-state index in [1.165, 1.54) is 24.8 Å². The number of nitrogens with zero attached hydrogens (tertiary/aromatic N) is 3. The smallest absolute Gasteiger partial charge is 0.251 e. The lowest BCUT2D eigenvalue weighted by Gasteiger charge is -2.35. The number of benzene rings is 3. The number of hydrogen-bond donors (Lipinski definition) is 1. The summed E-state index contributed by atoms with van der Waals surface area (Å²) in [5.74, 6) is 1.08. The second kappa shape index (κ2) is 14.4. The summed E-state index contributed by atoms with van der Waals surface area (Å²) in [4.78, 5) is 33.4. The molecule has 214 valence electrons. The van der Waals surface area contributed by atoms with Gasteiger partial charge in [-0.2, -0.15) is 0 Å². The number of aromatic nitrogens is 2. The lowest BCUT2D eigenvalue weighted by molar-refractivity contribution is -0.135. The van der Waals surface area contributed by atoms with Gasteiger partial charge in [0.25, 0.3) is 5.91 Å². The van der Waals surface area contributed by atoms with Crippen LogP contribution in [0.2, 0.25) is 0 Å². The summed E-state index contributed by atoms with van der Waals surface area (Å²) in [5, 5.41) is 3.01. The minimum Gasteiger partial charge on any atom is -0.352 e. The number of rotatable bonds is 12. The molecule has 5 rings (SSSR count). The molecule has 0 unspecified atom stereocenters. The summed E-state index contributed by atoms with van der Waals surface area (Å²) in [6.45, 7) is 1.60. The highest BCUT2D eigenvalue weighted by molar-refractivity contribution is 9.10. The third kappa shape index (κ3) is 7.85. The van der Waals surface area contributed by atoms with Gasteiger partial charge in [0.1, 0.15) is 12.4 Å². The number of carbonyl (C=O) groups is 2. The van der Waals surface area contributed by atoms with Gasteiger partial charge in [-0.05, 0) is 67.6 Å². The Hall–Kier alpha value is -3.45. The number of amides is 2. The molecule has 1 aliphatic carbocycles. The maximum atomic E-state index is 14.0. The Balaban J connectivity index is 1.21. The van der Waals surface area contributed by atoms with Crippen molar-refractivity contribution in [2.24, 2.45) is 0 Å². The van der Waals surface area contributed by atoms with Crippen molar-refractivity contribution in [3.63, 3.8) is 0 Å². The minimum absolute atomic E-state index is 0.0455. The highest BCUT2D eigenvalue weighted by atomic mass is 79.9. The van der Waals surface area contributed by atoms with Crippen LogP contribution in [0.3, 0.4) is 0 Å². The molecule has 1 heterocycles. The first-order valence-corrected chi connectivity index (χ1v) is 15.7. The van der Waals surface area contributed by atoms with E-state index in [0.29, 0.717) is 31.2 Å². The molecule has 41 heavy (non-hydrogen) atoms. The molecule has 2 amide bonds. The summed E-state index contributed by atoms with van der Waals surface area (Å²) in [5.41, 5.74) is 3.79. The molecule has 1 aromatic heterocycles. The fourth-order valence-electron chi connectivity index (χ4n) is 5.80. The van der Waals surface area contributed by atoms with Gasteiger partial charge < -0.3 is 14.8 Å². The SMILES string of the molecule is O=C(NCCCCCc1nc2ccccc2n1CC(=O)N(Cc1ccccc1)C1CCCCC1)c1ccc(Br)cc1. The van der Waals surface area contributed by atoms with Crippen LogP contribution < -0.4 is 5.32 Å². The Bertz CT molecular complexity index is 1430. The number of unbranched alkanes of at least 4 members (excludes halogenated alkanes) is 2. The third-order valence-electron chi connectivity index (χ3n) is 8.03. The predicted octanol–water partition coefficient (Wildman–Crippen LogP) is 7.30. The molecule has 4 aromatic rings. The van der Waals surface area contributed by atoms with E-state index in [1.54, 1.807) is 0 Å². The maximum absolute atomic E-state index is 14.0. The minimum atomic E-state index is -0.0455. The number of para-hydroxylation sites is 2. The highest BCUT2D eigenvalue weighted by Gasteiger charge is 2.27. The van der Waals surface area contributed by atoms with Gasteiger partial charge in [0.2, 0.25) is 5.91 Å². The zero-order valence-electron chi connectivity index (χ0n) is 23.6. The molecule has 0 saturated heterocycles. The summed E-state index contributed by atoms with van der Waals surface area (Å²) in [6, 6.07) is 26.2. The van der Waals surface area contributed by atoms with E-state index in [9.17, 15) is 9.59 Å². The van der Waals surface area contributed by atoms with Crippen molar-refractivity contribution < 1.29 is 9.59 Å². The molecule has 0 bridgehead atoms. The average molecular weight is 616 g/mol. The fraction of sp³-hybridized carbons (Fsp3) is 0.382. The van der Waals surface area contributed by atoms with E-state index in [0.717, 1.165) is 59.9 Å². The van der Waals surface area contributed by atoms with Gasteiger partial charge in [0, 0.05) is 35.6 Å². The summed E-state index contributed by atoms with van der Waals surface area (Å²) < 4.78 is 3.09. The second-order valence-corrected chi connectivity index (χ2v) is 11.9. The first kappa shape index (κ1) is 29.1. The van der Waals surface area contributed by atoms with Gasteiger partial charge >= 0.3 is 0 Å². The van der Waals surface area contributed by atoms with Crippen LogP contribution >= 0.6 is 15.9 Å². The summed E-state index contributed by atoms with van der Waals surface area (Å²) in [7, 11) is 0. The number of hydrogen-bond acceptors (Lipinski definition) is 3. The molecule has 7 heteroatoms. The van der Waals surface area contributed by atoms with Crippen LogP contribution in [0.15, 0.2) is 83.3 Å². The van der Waals surface area contributed by atoms with Crippen molar-refractivity contribution in [3.8, 4) is 0 Å². The first-order valence-electron chi connectivity index (χ1n) is 14.9. The third-order valence-corrected chi connectivity index (χ3v) is 8.56. The molecular formula is C34H39BrN4O2. The zero-order valence-corrected chi connectivity index (χ0v) is 25.2. The van der Waals surface area contributed by atoms with Gasteiger partial charge in [0.15, 0.2) is 0 Å². The van der Waals surface area contributed by atoms with Crippen LogP contribution in [0.4, 0.5) is 0 Å². The molecule has 3 aromatic carbocycles.